The third-order valence-electron chi connectivity index (χ3n) is 5.42. The Morgan fingerprint density at radius 2 is 2.00 bits per heavy atom. The van der Waals surface area contributed by atoms with Gasteiger partial charge >= 0.3 is 0 Å². The molecule has 13 heteroatoms. The molecule has 0 atom stereocenters. The first-order valence-electron chi connectivity index (χ1n) is 10.1. The molecule has 0 spiro atoms. The summed E-state index contributed by atoms with van der Waals surface area (Å²) >= 11 is 7.08. The average molecular weight is 508 g/mol. The minimum absolute atomic E-state index is 0.0286. The van der Waals surface area contributed by atoms with Crippen LogP contribution in [0.3, 0.4) is 0 Å². The molecular formula is C21H20ClF2N7O2S. The number of nitrogens with two attached hydrogens (primary N) is 1. The van der Waals surface area contributed by atoms with Crippen molar-refractivity contribution in [2.75, 3.05) is 5.32 Å². The van der Waals surface area contributed by atoms with E-state index in [4.69, 9.17) is 17.3 Å². The predicted molar refractivity (Wildman–Crippen MR) is 126 cm³/mol. The second-order valence-electron chi connectivity index (χ2n) is 7.53. The molecule has 0 aromatic carbocycles. The van der Waals surface area contributed by atoms with Crippen LogP contribution in [0, 0.1) is 13.8 Å². The number of carbonyl (C=O) groups excluding carboxylic acids is 2. The zero-order valence-electron chi connectivity index (χ0n) is 18.6. The highest BCUT2D eigenvalue weighted by Crippen LogP contribution is 2.43. The molecule has 0 bridgehead atoms. The largest absolute Gasteiger partial charge is 0.365 e. The molecule has 9 nitrogen and oxygen atoms in total. The number of fused-ring (bicyclic) bond motifs is 1. The zero-order chi connectivity index (χ0) is 24.9. The number of nitrogens with zero attached hydrogens (tertiary/aromatic N) is 5. The van der Waals surface area contributed by atoms with E-state index >= 15 is 0 Å². The molecule has 0 aliphatic rings. The number of aromatic nitrogens is 5. The Bertz CT molecular complexity index is 1460. The lowest BCUT2D eigenvalue weighted by molar-refractivity contribution is 0.100. The fourth-order valence-corrected chi connectivity index (χ4v) is 5.08. The van der Waals surface area contributed by atoms with Gasteiger partial charge in [0, 0.05) is 30.2 Å². The molecule has 0 fully saturated rings. The van der Waals surface area contributed by atoms with Crippen molar-refractivity contribution in [3.63, 3.8) is 0 Å². The monoisotopic (exact) mass is 507 g/mol. The van der Waals surface area contributed by atoms with E-state index in [1.165, 1.54) is 10.7 Å². The Kier molecular flexibility index (Phi) is 6.13. The minimum atomic E-state index is -2.85. The van der Waals surface area contributed by atoms with Crippen LogP contribution in [-0.2, 0) is 13.6 Å². The SMILES string of the molecule is CCn1ncc(-c2cc(C(F)F)nc3sc(C(N)=O)c(NC(=O)c4c(Cl)c(C)nn4C)c23)c1C. The number of halogens is 3. The fraction of sp³-hybridized carbons (Fsp3) is 0.286. The minimum Gasteiger partial charge on any atom is -0.365 e. The number of aryl methyl sites for hydroxylation is 3. The number of anilines is 1. The number of primary amides is 1. The maximum Gasteiger partial charge on any atom is 0.280 e. The molecule has 4 heterocycles. The van der Waals surface area contributed by atoms with Crippen LogP contribution in [0.15, 0.2) is 12.3 Å². The van der Waals surface area contributed by atoms with Gasteiger partial charge in [-0.2, -0.15) is 10.2 Å². The van der Waals surface area contributed by atoms with E-state index in [0.29, 0.717) is 28.8 Å². The topological polar surface area (TPSA) is 121 Å². The lowest BCUT2D eigenvalue weighted by atomic mass is 10.0. The van der Waals surface area contributed by atoms with Crippen molar-refractivity contribution < 1.29 is 18.4 Å². The van der Waals surface area contributed by atoms with Crippen LogP contribution in [0.5, 0.6) is 0 Å². The number of rotatable bonds is 6. The Balaban J connectivity index is 2.00. The second-order valence-corrected chi connectivity index (χ2v) is 8.91. The van der Waals surface area contributed by atoms with Crippen molar-refractivity contribution in [1.29, 1.82) is 0 Å². The summed E-state index contributed by atoms with van der Waals surface area (Å²) < 4.78 is 30.4. The highest BCUT2D eigenvalue weighted by atomic mass is 35.5. The van der Waals surface area contributed by atoms with Gasteiger partial charge in [0.25, 0.3) is 18.2 Å². The van der Waals surface area contributed by atoms with E-state index in [9.17, 15) is 18.4 Å². The standard InChI is InChI=1S/C21H20ClF2N7O2S/c1-5-31-9(3)11(7-26-31)10-6-12(18(23)24)27-21-13(10)15(17(34-21)19(25)32)28-20(33)16-14(22)8(2)29-30(16)4/h6-7,18H,5H2,1-4H3,(H2,25,32)(H,28,33). The summed E-state index contributed by atoms with van der Waals surface area (Å²) in [5.41, 5.74) is 7.35. The average Bonchev–Trinajstić information content (AvgIpc) is 3.40. The number of alkyl halides is 2. The summed E-state index contributed by atoms with van der Waals surface area (Å²) in [4.78, 5) is 29.6. The third-order valence-corrected chi connectivity index (χ3v) is 6.98. The molecule has 0 unspecified atom stereocenters. The van der Waals surface area contributed by atoms with Crippen LogP contribution in [0.25, 0.3) is 21.3 Å². The van der Waals surface area contributed by atoms with Crippen LogP contribution in [-0.4, -0.2) is 36.4 Å². The molecule has 0 saturated carbocycles. The molecule has 0 aliphatic heterocycles. The zero-order valence-corrected chi connectivity index (χ0v) is 20.2. The van der Waals surface area contributed by atoms with Gasteiger partial charge in [-0.25, -0.2) is 13.8 Å². The molecule has 4 aromatic heterocycles. The van der Waals surface area contributed by atoms with Gasteiger partial charge in [0.15, 0.2) is 0 Å². The Labute approximate surface area is 201 Å². The van der Waals surface area contributed by atoms with Crippen LogP contribution >= 0.6 is 22.9 Å². The Morgan fingerprint density at radius 1 is 1.29 bits per heavy atom. The summed E-state index contributed by atoms with van der Waals surface area (Å²) in [5, 5.41) is 11.6. The fourth-order valence-electron chi connectivity index (χ4n) is 3.82. The maximum atomic E-state index is 13.7. The first-order chi connectivity index (χ1) is 16.0. The number of hydrogen-bond acceptors (Lipinski definition) is 6. The summed E-state index contributed by atoms with van der Waals surface area (Å²) in [6, 6.07) is 1.24. The van der Waals surface area contributed by atoms with E-state index in [2.05, 4.69) is 20.5 Å². The number of nitrogens with one attached hydrogen (secondary N) is 1. The summed E-state index contributed by atoms with van der Waals surface area (Å²) in [5.74, 6) is -1.48. The van der Waals surface area contributed by atoms with Gasteiger partial charge < -0.3 is 11.1 Å². The molecule has 178 valence electrons. The Hall–Kier alpha value is -3.38. The van der Waals surface area contributed by atoms with E-state index < -0.39 is 23.9 Å². The van der Waals surface area contributed by atoms with Crippen LogP contribution in [0.1, 0.15) is 50.6 Å². The van der Waals surface area contributed by atoms with Crippen molar-refractivity contribution in [2.45, 2.75) is 33.7 Å². The maximum absolute atomic E-state index is 13.7. The highest BCUT2D eigenvalue weighted by molar-refractivity contribution is 7.21. The highest BCUT2D eigenvalue weighted by Gasteiger charge is 2.28. The van der Waals surface area contributed by atoms with Crippen LogP contribution in [0.4, 0.5) is 14.5 Å². The molecule has 0 saturated heterocycles. The van der Waals surface area contributed by atoms with Crippen molar-refractivity contribution in [1.82, 2.24) is 24.5 Å². The normalized spacial score (nSPS) is 11.5. The van der Waals surface area contributed by atoms with Gasteiger partial charge in [0.05, 0.1) is 22.6 Å². The quantitative estimate of drug-likeness (QED) is 0.399. The smallest absolute Gasteiger partial charge is 0.280 e. The molecular weight excluding hydrogens is 488 g/mol. The van der Waals surface area contributed by atoms with Crippen LogP contribution < -0.4 is 11.1 Å². The van der Waals surface area contributed by atoms with E-state index in [1.807, 2.05) is 6.92 Å². The second kappa shape index (κ2) is 8.76. The van der Waals surface area contributed by atoms with Crippen molar-refractivity contribution in [3.05, 3.63) is 44.9 Å². The number of amides is 2. The predicted octanol–water partition coefficient (Wildman–Crippen LogP) is 4.47. The van der Waals surface area contributed by atoms with Gasteiger partial charge in [-0.05, 0) is 32.4 Å². The van der Waals surface area contributed by atoms with Gasteiger partial charge in [0.1, 0.15) is 21.1 Å². The Morgan fingerprint density at radius 3 is 2.53 bits per heavy atom. The van der Waals surface area contributed by atoms with Crippen LogP contribution in [0.2, 0.25) is 5.02 Å². The van der Waals surface area contributed by atoms with Gasteiger partial charge in [0.2, 0.25) is 0 Å². The van der Waals surface area contributed by atoms with Crippen molar-refractivity contribution >= 4 is 50.7 Å². The van der Waals surface area contributed by atoms with E-state index in [-0.39, 0.29) is 26.1 Å². The number of carbonyl (C=O) groups is 2. The lowest BCUT2D eigenvalue weighted by Crippen LogP contribution is -2.19. The van der Waals surface area contributed by atoms with Gasteiger partial charge in [-0.1, -0.05) is 11.6 Å². The van der Waals surface area contributed by atoms with Gasteiger partial charge in [-0.15, -0.1) is 11.3 Å². The summed E-state index contributed by atoms with van der Waals surface area (Å²) in [6.45, 7) is 5.92. The van der Waals surface area contributed by atoms with Crippen molar-refractivity contribution in [3.8, 4) is 11.1 Å². The number of thiophene rings is 1. The summed E-state index contributed by atoms with van der Waals surface area (Å²) in [6.07, 6.45) is -1.30. The molecule has 2 amide bonds. The first kappa shape index (κ1) is 23.8. The van der Waals surface area contributed by atoms with E-state index in [0.717, 1.165) is 17.0 Å². The van der Waals surface area contributed by atoms with E-state index in [1.54, 1.807) is 31.8 Å². The third kappa shape index (κ3) is 3.82. The molecule has 4 rings (SSSR count). The molecule has 3 N–H and O–H groups in total. The molecule has 0 radical (unpaired) electrons. The molecule has 0 aliphatic carbocycles. The molecule has 4 aromatic rings. The number of pyridine rings is 1. The molecule has 34 heavy (non-hydrogen) atoms. The lowest BCUT2D eigenvalue weighted by Gasteiger charge is -2.11. The number of hydrogen-bond donors (Lipinski definition) is 2. The van der Waals surface area contributed by atoms with Crippen molar-refractivity contribution in [2.24, 2.45) is 12.8 Å². The first-order valence-corrected chi connectivity index (χ1v) is 11.3. The summed E-state index contributed by atoms with van der Waals surface area (Å²) in [7, 11) is 1.55. The van der Waals surface area contributed by atoms with Gasteiger partial charge in [-0.3, -0.25) is 19.0 Å².